The molecule has 0 N–H and O–H groups in total. The lowest BCUT2D eigenvalue weighted by atomic mass is 9.87. The summed E-state index contributed by atoms with van der Waals surface area (Å²) in [6, 6.07) is 14.1. The van der Waals surface area contributed by atoms with Crippen molar-refractivity contribution in [3.8, 4) is 11.6 Å². The van der Waals surface area contributed by atoms with E-state index in [-0.39, 0.29) is 22.9 Å². The van der Waals surface area contributed by atoms with Gasteiger partial charge in [0.25, 0.3) is 0 Å². The van der Waals surface area contributed by atoms with Crippen molar-refractivity contribution in [1.82, 2.24) is 9.78 Å². The number of halogens is 4. The van der Waals surface area contributed by atoms with Crippen molar-refractivity contribution in [2.24, 2.45) is 0 Å². The van der Waals surface area contributed by atoms with Crippen molar-refractivity contribution in [2.75, 3.05) is 0 Å². The Balaban J connectivity index is 1.92. The second-order valence-electron chi connectivity index (χ2n) is 7.46. The van der Waals surface area contributed by atoms with Crippen LogP contribution in [0.1, 0.15) is 37.5 Å². The van der Waals surface area contributed by atoms with E-state index in [4.69, 9.17) is 16.3 Å². The maximum Gasteiger partial charge on any atom is 0.423 e. The first-order chi connectivity index (χ1) is 13.1. The zero-order chi connectivity index (χ0) is 20.5. The lowest BCUT2D eigenvalue weighted by molar-refractivity contribution is -0.139. The zero-order valence-corrected chi connectivity index (χ0v) is 16.5. The molecule has 3 nitrogen and oxygen atoms in total. The molecule has 1 heterocycles. The van der Waals surface area contributed by atoms with Gasteiger partial charge in [-0.25, -0.2) is 0 Å². The van der Waals surface area contributed by atoms with Gasteiger partial charge in [0.2, 0.25) is 5.88 Å². The highest BCUT2D eigenvalue weighted by atomic mass is 35.5. The minimum Gasteiger partial charge on any atom is -0.472 e. The highest BCUT2D eigenvalue weighted by Gasteiger charge is 2.38. The molecule has 3 rings (SSSR count). The SMILES string of the molecule is CC(C)(C)c1ccc(COc2c(C(F)(F)F)cnn2-c2ccccc2Cl)cc1. The van der Waals surface area contributed by atoms with E-state index in [1.807, 2.05) is 24.3 Å². The monoisotopic (exact) mass is 408 g/mol. The Labute approximate surface area is 166 Å². The van der Waals surface area contributed by atoms with Gasteiger partial charge in [-0.3, -0.25) is 0 Å². The van der Waals surface area contributed by atoms with Crippen molar-refractivity contribution in [3.63, 3.8) is 0 Å². The molecule has 0 saturated carbocycles. The number of rotatable bonds is 4. The Morgan fingerprint density at radius 1 is 1.00 bits per heavy atom. The number of hydrogen-bond donors (Lipinski definition) is 0. The van der Waals surface area contributed by atoms with Crippen LogP contribution in [0.15, 0.2) is 54.7 Å². The summed E-state index contributed by atoms with van der Waals surface area (Å²) in [6.45, 7) is 6.26. The van der Waals surface area contributed by atoms with Gasteiger partial charge >= 0.3 is 6.18 Å². The Morgan fingerprint density at radius 3 is 2.21 bits per heavy atom. The second-order valence-corrected chi connectivity index (χ2v) is 7.87. The molecular formula is C21H20ClF3N2O. The van der Waals surface area contributed by atoms with Gasteiger partial charge in [-0.2, -0.15) is 23.0 Å². The summed E-state index contributed by atoms with van der Waals surface area (Å²) < 4.78 is 46.9. The first-order valence-electron chi connectivity index (χ1n) is 8.70. The van der Waals surface area contributed by atoms with E-state index in [0.29, 0.717) is 5.69 Å². The van der Waals surface area contributed by atoms with E-state index in [0.717, 1.165) is 22.0 Å². The van der Waals surface area contributed by atoms with Crippen LogP contribution in [0.2, 0.25) is 5.02 Å². The third-order valence-electron chi connectivity index (χ3n) is 4.31. The van der Waals surface area contributed by atoms with Crippen LogP contribution in [-0.2, 0) is 18.2 Å². The van der Waals surface area contributed by atoms with Crippen molar-refractivity contribution >= 4 is 11.6 Å². The zero-order valence-electron chi connectivity index (χ0n) is 15.7. The van der Waals surface area contributed by atoms with Crippen LogP contribution in [0.25, 0.3) is 5.69 Å². The Hall–Kier alpha value is -2.47. The van der Waals surface area contributed by atoms with Crippen LogP contribution in [-0.4, -0.2) is 9.78 Å². The number of alkyl halides is 3. The molecule has 3 aromatic rings. The largest absolute Gasteiger partial charge is 0.472 e. The van der Waals surface area contributed by atoms with Crippen molar-refractivity contribution < 1.29 is 17.9 Å². The van der Waals surface area contributed by atoms with Crippen LogP contribution in [0, 0.1) is 0 Å². The average Bonchev–Trinajstić information content (AvgIpc) is 3.04. The van der Waals surface area contributed by atoms with E-state index in [2.05, 4.69) is 25.9 Å². The van der Waals surface area contributed by atoms with Crippen molar-refractivity contribution in [3.05, 3.63) is 76.4 Å². The summed E-state index contributed by atoms with van der Waals surface area (Å²) in [4.78, 5) is 0. The van der Waals surface area contributed by atoms with Gasteiger partial charge in [0.05, 0.1) is 16.9 Å². The fourth-order valence-electron chi connectivity index (χ4n) is 2.72. The van der Waals surface area contributed by atoms with Crippen molar-refractivity contribution in [2.45, 2.75) is 39.0 Å². The number of para-hydroxylation sites is 1. The maximum absolute atomic E-state index is 13.4. The van der Waals surface area contributed by atoms with Crippen LogP contribution in [0.4, 0.5) is 13.2 Å². The van der Waals surface area contributed by atoms with Crippen LogP contribution in [0.3, 0.4) is 0 Å². The molecule has 0 aliphatic heterocycles. The molecule has 28 heavy (non-hydrogen) atoms. The van der Waals surface area contributed by atoms with Gasteiger partial charge in [-0.1, -0.05) is 68.8 Å². The third-order valence-corrected chi connectivity index (χ3v) is 4.63. The smallest absolute Gasteiger partial charge is 0.423 e. The molecule has 0 spiro atoms. The summed E-state index contributed by atoms with van der Waals surface area (Å²) in [6.07, 6.45) is -3.84. The summed E-state index contributed by atoms with van der Waals surface area (Å²) in [5.41, 5.74) is 1.25. The molecule has 0 aliphatic carbocycles. The molecule has 2 aromatic carbocycles. The van der Waals surface area contributed by atoms with E-state index in [9.17, 15) is 13.2 Å². The predicted molar refractivity (Wildman–Crippen MR) is 103 cm³/mol. The quantitative estimate of drug-likeness (QED) is 0.498. The third kappa shape index (κ3) is 4.33. The fraction of sp³-hybridized carbons (Fsp3) is 0.286. The summed E-state index contributed by atoms with van der Waals surface area (Å²) >= 11 is 6.13. The first kappa shape index (κ1) is 20.3. The van der Waals surface area contributed by atoms with E-state index in [1.54, 1.807) is 24.3 Å². The number of nitrogens with zero attached hydrogens (tertiary/aromatic N) is 2. The predicted octanol–water partition coefficient (Wildman–Crippen LogP) is 6.42. The molecule has 0 unspecified atom stereocenters. The fourth-order valence-corrected chi connectivity index (χ4v) is 2.93. The summed E-state index contributed by atoms with van der Waals surface area (Å²) in [5, 5.41) is 4.14. The molecule has 148 valence electrons. The number of hydrogen-bond acceptors (Lipinski definition) is 2. The Kier molecular flexibility index (Phi) is 5.44. The highest BCUT2D eigenvalue weighted by molar-refractivity contribution is 6.32. The molecule has 0 radical (unpaired) electrons. The lowest BCUT2D eigenvalue weighted by Gasteiger charge is -2.19. The molecule has 0 saturated heterocycles. The maximum atomic E-state index is 13.4. The molecule has 0 aliphatic rings. The molecule has 7 heteroatoms. The summed E-state index contributed by atoms with van der Waals surface area (Å²) in [7, 11) is 0. The first-order valence-corrected chi connectivity index (χ1v) is 9.07. The number of benzene rings is 2. The molecule has 0 amide bonds. The van der Waals surface area contributed by atoms with Gasteiger partial charge in [-0.05, 0) is 28.7 Å². The highest BCUT2D eigenvalue weighted by Crippen LogP contribution is 2.38. The minimum atomic E-state index is -4.59. The molecule has 0 atom stereocenters. The van der Waals surface area contributed by atoms with E-state index in [1.165, 1.54) is 0 Å². The van der Waals surface area contributed by atoms with Gasteiger partial charge in [0.1, 0.15) is 12.2 Å². The lowest BCUT2D eigenvalue weighted by Crippen LogP contribution is -2.12. The average molecular weight is 409 g/mol. The molecular weight excluding hydrogens is 389 g/mol. The topological polar surface area (TPSA) is 27.1 Å². The van der Waals surface area contributed by atoms with Crippen LogP contribution < -0.4 is 4.74 Å². The second kappa shape index (κ2) is 7.51. The van der Waals surface area contributed by atoms with Gasteiger partial charge < -0.3 is 4.74 Å². The normalized spacial score (nSPS) is 12.2. The van der Waals surface area contributed by atoms with Gasteiger partial charge in [0.15, 0.2) is 0 Å². The summed E-state index contributed by atoms with van der Waals surface area (Å²) in [5.74, 6) is -0.388. The van der Waals surface area contributed by atoms with E-state index < -0.39 is 11.7 Å². The molecule has 0 fully saturated rings. The Bertz CT molecular complexity index is 957. The minimum absolute atomic E-state index is 0.00841. The standard InChI is InChI=1S/C21H20ClF3N2O/c1-20(2,3)15-10-8-14(9-11-15)13-28-19-16(21(23,24)25)12-26-27(19)18-7-5-4-6-17(18)22/h4-12H,13H2,1-3H3. The molecule has 1 aromatic heterocycles. The van der Waals surface area contributed by atoms with Gasteiger partial charge in [-0.15, -0.1) is 0 Å². The van der Waals surface area contributed by atoms with E-state index >= 15 is 0 Å². The van der Waals surface area contributed by atoms with Crippen molar-refractivity contribution in [1.29, 1.82) is 0 Å². The molecule has 0 bridgehead atoms. The van der Waals surface area contributed by atoms with Crippen LogP contribution in [0.5, 0.6) is 5.88 Å². The van der Waals surface area contributed by atoms with Crippen LogP contribution >= 0.6 is 11.6 Å². The Morgan fingerprint density at radius 2 is 1.64 bits per heavy atom. The van der Waals surface area contributed by atoms with Gasteiger partial charge in [0, 0.05) is 0 Å². The number of ether oxygens (including phenoxy) is 1. The number of aromatic nitrogens is 2.